The van der Waals surface area contributed by atoms with Crippen LogP contribution in [0.25, 0.3) is 11.3 Å². The van der Waals surface area contributed by atoms with Crippen molar-refractivity contribution in [1.82, 2.24) is 14.8 Å². The van der Waals surface area contributed by atoms with Gasteiger partial charge in [-0.05, 0) is 59.5 Å². The van der Waals surface area contributed by atoms with Crippen molar-refractivity contribution in [1.29, 1.82) is 0 Å². The van der Waals surface area contributed by atoms with Gasteiger partial charge in [-0.3, -0.25) is 10.2 Å². The first-order valence-electron chi connectivity index (χ1n) is 11.4. The molecule has 0 spiro atoms. The van der Waals surface area contributed by atoms with Crippen molar-refractivity contribution in [2.45, 2.75) is 32.2 Å². The molecule has 7 nitrogen and oxygen atoms in total. The third-order valence-electron chi connectivity index (χ3n) is 6.54. The van der Waals surface area contributed by atoms with Gasteiger partial charge in [0.2, 0.25) is 0 Å². The maximum atomic E-state index is 13.2. The van der Waals surface area contributed by atoms with Crippen molar-refractivity contribution in [2.24, 2.45) is 0 Å². The fraction of sp³-hybridized carbons (Fsp3) is 0.308. The van der Waals surface area contributed by atoms with Gasteiger partial charge in [0.05, 0.1) is 17.5 Å². The van der Waals surface area contributed by atoms with Gasteiger partial charge < -0.3 is 15.4 Å². The van der Waals surface area contributed by atoms with Crippen LogP contribution in [0, 0.1) is 5.82 Å². The van der Waals surface area contributed by atoms with Crippen LogP contribution in [-0.4, -0.2) is 47.1 Å². The highest BCUT2D eigenvalue weighted by Crippen LogP contribution is 2.28. The summed E-state index contributed by atoms with van der Waals surface area (Å²) >= 11 is 0. The molecule has 2 aliphatic heterocycles. The number of nitrogens with one attached hydrogen (secondary N) is 1. The number of pyridine rings is 1. The van der Waals surface area contributed by atoms with Crippen LogP contribution < -0.4 is 11.1 Å². The summed E-state index contributed by atoms with van der Waals surface area (Å²) in [6.07, 6.45) is 1.38. The predicted molar refractivity (Wildman–Crippen MR) is 129 cm³/mol. The molecule has 5 rings (SSSR count). The zero-order chi connectivity index (χ0) is 23.7. The molecule has 8 heteroatoms. The molecule has 3 aromatic rings. The van der Waals surface area contributed by atoms with E-state index in [1.165, 1.54) is 17.7 Å². The highest BCUT2D eigenvalue weighted by molar-refractivity contribution is 5.92. The Morgan fingerprint density at radius 1 is 1.15 bits per heavy atom. The number of aromatic nitrogens is 1. The Balaban J connectivity index is 1.25. The maximum Gasteiger partial charge on any atom is 0.323 e. The van der Waals surface area contributed by atoms with Crippen LogP contribution in [-0.2, 0) is 24.4 Å². The number of carbonyl (C=O) groups is 1. The normalized spacial score (nSPS) is 17.7. The van der Waals surface area contributed by atoms with E-state index in [9.17, 15) is 9.18 Å². The first-order valence-corrected chi connectivity index (χ1v) is 11.4. The van der Waals surface area contributed by atoms with Gasteiger partial charge in [0.1, 0.15) is 5.82 Å². The number of benzene rings is 2. The molecule has 2 aliphatic rings. The van der Waals surface area contributed by atoms with Gasteiger partial charge in [-0.15, -0.1) is 0 Å². The number of ether oxygens (including phenoxy) is 1. The van der Waals surface area contributed by atoms with Gasteiger partial charge in [0, 0.05) is 45.4 Å². The van der Waals surface area contributed by atoms with Gasteiger partial charge in [-0.2, -0.15) is 0 Å². The fourth-order valence-electron chi connectivity index (χ4n) is 4.61. The van der Waals surface area contributed by atoms with Crippen molar-refractivity contribution < 1.29 is 13.9 Å². The van der Waals surface area contributed by atoms with E-state index in [0.717, 1.165) is 42.7 Å². The second-order valence-electron chi connectivity index (χ2n) is 8.91. The Morgan fingerprint density at radius 2 is 1.94 bits per heavy atom. The van der Waals surface area contributed by atoms with E-state index >= 15 is 0 Å². The maximum absolute atomic E-state index is 13.2. The lowest BCUT2D eigenvalue weighted by Crippen LogP contribution is -2.30. The molecule has 3 N–H and O–H groups in total. The highest BCUT2D eigenvalue weighted by Gasteiger charge is 2.26. The van der Waals surface area contributed by atoms with E-state index in [1.54, 1.807) is 36.3 Å². The number of fused-ring (bicyclic) bond motifs is 1. The number of rotatable bonds is 5. The van der Waals surface area contributed by atoms with Crippen molar-refractivity contribution in [3.8, 4) is 11.3 Å². The standard InChI is InChI=1S/C26H28FN5O2/c1-34-22-10-11-31(16-22)13-17-2-3-19-14-32(15-20(19)12-17)26(33)30-25-23(28)8-9-24(29-25)18-4-6-21(27)7-5-18/h2-9,12,22H,10-11,13-16,28H2,1H3,(H,29,30,33). The van der Waals surface area contributed by atoms with Crippen molar-refractivity contribution in [2.75, 3.05) is 31.2 Å². The molecule has 1 saturated heterocycles. The number of hydrogen-bond donors (Lipinski definition) is 2. The molecule has 0 radical (unpaired) electrons. The minimum absolute atomic E-state index is 0.254. The van der Waals surface area contributed by atoms with E-state index < -0.39 is 0 Å². The van der Waals surface area contributed by atoms with E-state index in [1.807, 2.05) is 0 Å². The smallest absolute Gasteiger partial charge is 0.323 e. The lowest BCUT2D eigenvalue weighted by Gasteiger charge is -2.17. The monoisotopic (exact) mass is 461 g/mol. The second kappa shape index (κ2) is 9.40. The summed E-state index contributed by atoms with van der Waals surface area (Å²) in [7, 11) is 1.77. The van der Waals surface area contributed by atoms with Crippen LogP contribution in [0.3, 0.4) is 0 Å². The molecule has 34 heavy (non-hydrogen) atoms. The quantitative estimate of drug-likeness (QED) is 0.594. The molecule has 0 bridgehead atoms. The third-order valence-corrected chi connectivity index (χ3v) is 6.54. The second-order valence-corrected chi connectivity index (χ2v) is 8.91. The molecule has 1 aromatic heterocycles. The molecule has 1 fully saturated rings. The Bertz CT molecular complexity index is 1200. The zero-order valence-corrected chi connectivity index (χ0v) is 19.1. The SMILES string of the molecule is COC1CCN(Cc2ccc3c(c2)CN(C(=O)Nc2nc(-c4ccc(F)cc4)ccc2N)C3)C1. The molecular formula is C26H28FN5O2. The Labute approximate surface area is 198 Å². The highest BCUT2D eigenvalue weighted by atomic mass is 19.1. The van der Waals surface area contributed by atoms with Crippen LogP contribution >= 0.6 is 0 Å². The fourth-order valence-corrected chi connectivity index (χ4v) is 4.61. The first kappa shape index (κ1) is 22.3. The van der Waals surface area contributed by atoms with Gasteiger partial charge >= 0.3 is 6.03 Å². The number of nitrogen functional groups attached to an aromatic ring is 1. The summed E-state index contributed by atoms with van der Waals surface area (Å²) in [6, 6.07) is 15.7. The summed E-state index contributed by atoms with van der Waals surface area (Å²) < 4.78 is 18.7. The number of amides is 2. The Kier molecular flexibility index (Phi) is 6.17. The molecule has 3 heterocycles. The van der Waals surface area contributed by atoms with Crippen LogP contribution in [0.5, 0.6) is 0 Å². The Hall–Kier alpha value is -3.49. The molecule has 1 unspecified atom stereocenters. The average molecular weight is 462 g/mol. The van der Waals surface area contributed by atoms with Crippen LogP contribution in [0.1, 0.15) is 23.1 Å². The zero-order valence-electron chi connectivity index (χ0n) is 19.1. The van der Waals surface area contributed by atoms with Gasteiger partial charge in [0.25, 0.3) is 0 Å². The van der Waals surface area contributed by atoms with Crippen molar-refractivity contribution >= 4 is 17.5 Å². The summed E-state index contributed by atoms with van der Waals surface area (Å²) in [5.74, 6) is -0.0192. The van der Waals surface area contributed by atoms with Gasteiger partial charge in [0.15, 0.2) is 5.82 Å². The number of likely N-dealkylation sites (tertiary alicyclic amines) is 1. The predicted octanol–water partition coefficient (Wildman–Crippen LogP) is 4.24. The third kappa shape index (κ3) is 4.73. The number of urea groups is 1. The number of halogens is 1. The summed E-state index contributed by atoms with van der Waals surface area (Å²) in [4.78, 5) is 21.7. The van der Waals surface area contributed by atoms with Crippen LogP contribution in [0.4, 0.5) is 20.7 Å². The summed E-state index contributed by atoms with van der Waals surface area (Å²) in [5.41, 5.74) is 11.4. The largest absolute Gasteiger partial charge is 0.396 e. The number of carbonyl (C=O) groups excluding carboxylic acids is 1. The Morgan fingerprint density at radius 3 is 2.71 bits per heavy atom. The van der Waals surface area contributed by atoms with Gasteiger partial charge in [-0.25, -0.2) is 14.2 Å². The number of nitrogens with two attached hydrogens (primary N) is 1. The van der Waals surface area contributed by atoms with E-state index in [0.29, 0.717) is 36.4 Å². The molecule has 1 atom stereocenters. The minimum atomic E-state index is -0.316. The average Bonchev–Trinajstić information content (AvgIpc) is 3.47. The van der Waals surface area contributed by atoms with E-state index in [-0.39, 0.29) is 11.8 Å². The number of nitrogens with zero attached hydrogens (tertiary/aromatic N) is 3. The lowest BCUT2D eigenvalue weighted by atomic mass is 10.1. The number of methoxy groups -OCH3 is 1. The summed E-state index contributed by atoms with van der Waals surface area (Å²) in [6.45, 7) is 3.95. The molecule has 0 aliphatic carbocycles. The van der Waals surface area contributed by atoms with Crippen LogP contribution in [0.2, 0.25) is 0 Å². The first-order chi connectivity index (χ1) is 16.5. The molecule has 0 saturated carbocycles. The molecule has 2 amide bonds. The topological polar surface area (TPSA) is 83.7 Å². The van der Waals surface area contributed by atoms with Crippen molar-refractivity contribution in [3.05, 3.63) is 77.1 Å². The van der Waals surface area contributed by atoms with Gasteiger partial charge in [-0.1, -0.05) is 18.2 Å². The number of anilines is 2. The molecule has 176 valence electrons. The molecule has 2 aromatic carbocycles. The number of hydrogen-bond acceptors (Lipinski definition) is 5. The van der Waals surface area contributed by atoms with E-state index in [2.05, 4.69) is 33.4 Å². The lowest BCUT2D eigenvalue weighted by molar-refractivity contribution is 0.107. The van der Waals surface area contributed by atoms with Crippen molar-refractivity contribution in [3.63, 3.8) is 0 Å². The minimum Gasteiger partial charge on any atom is -0.396 e. The summed E-state index contributed by atoms with van der Waals surface area (Å²) in [5, 5.41) is 2.85. The van der Waals surface area contributed by atoms with Crippen LogP contribution in [0.15, 0.2) is 54.6 Å². The molecular weight excluding hydrogens is 433 g/mol. The van der Waals surface area contributed by atoms with E-state index in [4.69, 9.17) is 10.5 Å².